The first-order chi connectivity index (χ1) is 7.29. The smallest absolute Gasteiger partial charge is 0.351 e. The van der Waals surface area contributed by atoms with Gasteiger partial charge in [-0.3, -0.25) is 4.79 Å². The number of alkyl halides is 3. The second-order valence-corrected chi connectivity index (χ2v) is 4.83. The Morgan fingerprint density at radius 1 is 1.56 bits per heavy atom. The lowest BCUT2D eigenvalue weighted by atomic mass is 9.85. The highest BCUT2D eigenvalue weighted by atomic mass is 79.9. The Bertz CT molecular complexity index is 298. The Kier molecular flexibility index (Phi) is 4.01. The van der Waals surface area contributed by atoms with Gasteiger partial charge in [0.05, 0.1) is 0 Å². The van der Waals surface area contributed by atoms with Gasteiger partial charge in [0.2, 0.25) is 5.91 Å². The van der Waals surface area contributed by atoms with Crippen LogP contribution in [0.2, 0.25) is 0 Å². The second kappa shape index (κ2) is 4.75. The fraction of sp³-hybridized carbons (Fsp3) is 0.667. The number of hydrogen-bond acceptors (Lipinski definition) is 2. The number of halogens is 4. The van der Waals surface area contributed by atoms with Gasteiger partial charge in [-0.1, -0.05) is 22.5 Å². The standard InChI is InChI=1S/C9H12BrF3N2O/c1-6(10)4-15-7(16)8(9(11,12)13)2-3-14-5-8/h14H,1-5H2,(H,15,16). The predicted molar refractivity (Wildman–Crippen MR) is 57.1 cm³/mol. The van der Waals surface area contributed by atoms with Crippen LogP contribution in [0.3, 0.4) is 0 Å². The molecule has 1 atom stereocenters. The minimum Gasteiger partial charge on any atom is -0.351 e. The first kappa shape index (κ1) is 13.5. The normalized spacial score (nSPS) is 25.5. The Labute approximate surface area is 99.6 Å². The van der Waals surface area contributed by atoms with E-state index >= 15 is 0 Å². The van der Waals surface area contributed by atoms with Gasteiger partial charge >= 0.3 is 6.18 Å². The summed E-state index contributed by atoms with van der Waals surface area (Å²) in [5.74, 6) is -0.995. The first-order valence-electron chi connectivity index (χ1n) is 4.68. The van der Waals surface area contributed by atoms with Gasteiger partial charge in [-0.25, -0.2) is 0 Å². The molecule has 0 aromatic carbocycles. The highest BCUT2D eigenvalue weighted by molar-refractivity contribution is 9.11. The van der Waals surface area contributed by atoms with Crippen LogP contribution in [0.1, 0.15) is 6.42 Å². The van der Waals surface area contributed by atoms with Crippen LogP contribution in [0.15, 0.2) is 11.1 Å². The average molecular weight is 301 g/mol. The van der Waals surface area contributed by atoms with Gasteiger partial charge in [0.15, 0.2) is 5.41 Å². The summed E-state index contributed by atoms with van der Waals surface area (Å²) < 4.78 is 39.0. The van der Waals surface area contributed by atoms with Gasteiger partial charge in [-0.15, -0.1) is 0 Å². The van der Waals surface area contributed by atoms with E-state index in [1.54, 1.807) is 0 Å². The molecule has 7 heteroatoms. The van der Waals surface area contributed by atoms with E-state index in [-0.39, 0.29) is 26.1 Å². The van der Waals surface area contributed by atoms with E-state index in [0.29, 0.717) is 4.48 Å². The fourth-order valence-corrected chi connectivity index (χ4v) is 1.74. The number of carbonyl (C=O) groups excluding carboxylic acids is 1. The highest BCUT2D eigenvalue weighted by Gasteiger charge is 2.61. The van der Waals surface area contributed by atoms with Crippen LogP contribution in [-0.2, 0) is 4.79 Å². The third-order valence-electron chi connectivity index (χ3n) is 2.57. The summed E-state index contributed by atoms with van der Waals surface area (Å²) in [4.78, 5) is 11.6. The van der Waals surface area contributed by atoms with Gasteiger partial charge < -0.3 is 10.6 Å². The molecule has 1 unspecified atom stereocenters. The largest absolute Gasteiger partial charge is 0.404 e. The lowest BCUT2D eigenvalue weighted by molar-refractivity contribution is -0.215. The fourth-order valence-electron chi connectivity index (χ4n) is 1.60. The SMILES string of the molecule is C=C(Br)CNC(=O)C1(C(F)(F)F)CCNC1. The summed E-state index contributed by atoms with van der Waals surface area (Å²) in [5.41, 5.74) is -2.30. The zero-order chi connectivity index (χ0) is 12.4. The lowest BCUT2D eigenvalue weighted by Gasteiger charge is -2.29. The summed E-state index contributed by atoms with van der Waals surface area (Å²) in [6, 6.07) is 0. The maximum atomic E-state index is 12.9. The molecule has 92 valence electrons. The molecule has 1 rings (SSSR count). The summed E-state index contributed by atoms with van der Waals surface area (Å²) in [5, 5.41) is 4.80. The van der Waals surface area contributed by atoms with Gasteiger partial charge in [-0.2, -0.15) is 13.2 Å². The van der Waals surface area contributed by atoms with Crippen molar-refractivity contribution in [1.29, 1.82) is 0 Å². The van der Waals surface area contributed by atoms with Crippen LogP contribution in [0.25, 0.3) is 0 Å². The number of carbonyl (C=O) groups is 1. The number of amides is 1. The van der Waals surface area contributed by atoms with Crippen molar-refractivity contribution in [2.75, 3.05) is 19.6 Å². The molecule has 0 aromatic rings. The number of hydrogen-bond donors (Lipinski definition) is 2. The molecule has 2 N–H and O–H groups in total. The molecular weight excluding hydrogens is 289 g/mol. The van der Waals surface area contributed by atoms with Crippen molar-refractivity contribution in [2.24, 2.45) is 5.41 Å². The van der Waals surface area contributed by atoms with Crippen molar-refractivity contribution in [2.45, 2.75) is 12.6 Å². The maximum Gasteiger partial charge on any atom is 0.404 e. The molecule has 1 fully saturated rings. The van der Waals surface area contributed by atoms with E-state index < -0.39 is 17.5 Å². The van der Waals surface area contributed by atoms with E-state index in [0.717, 1.165) is 0 Å². The monoisotopic (exact) mass is 300 g/mol. The summed E-state index contributed by atoms with van der Waals surface area (Å²) in [7, 11) is 0. The van der Waals surface area contributed by atoms with Crippen LogP contribution < -0.4 is 10.6 Å². The Balaban J connectivity index is 2.78. The van der Waals surface area contributed by atoms with Gasteiger partial charge in [0, 0.05) is 17.6 Å². The zero-order valence-electron chi connectivity index (χ0n) is 8.46. The van der Waals surface area contributed by atoms with E-state index in [1.165, 1.54) is 0 Å². The quantitative estimate of drug-likeness (QED) is 0.830. The molecule has 0 aromatic heterocycles. The highest BCUT2D eigenvalue weighted by Crippen LogP contribution is 2.43. The molecule has 1 amide bonds. The molecule has 3 nitrogen and oxygen atoms in total. The molecule has 16 heavy (non-hydrogen) atoms. The van der Waals surface area contributed by atoms with E-state index in [9.17, 15) is 18.0 Å². The third kappa shape index (κ3) is 2.57. The van der Waals surface area contributed by atoms with Crippen LogP contribution in [-0.4, -0.2) is 31.7 Å². The molecule has 1 aliphatic rings. The molecule has 1 saturated heterocycles. The van der Waals surface area contributed by atoms with Gasteiger partial charge in [-0.05, 0) is 13.0 Å². The molecular formula is C9H12BrF3N2O. The van der Waals surface area contributed by atoms with Crippen molar-refractivity contribution < 1.29 is 18.0 Å². The van der Waals surface area contributed by atoms with E-state index in [4.69, 9.17) is 0 Å². The van der Waals surface area contributed by atoms with Crippen LogP contribution >= 0.6 is 15.9 Å². The van der Waals surface area contributed by atoms with Crippen molar-refractivity contribution in [3.8, 4) is 0 Å². The number of nitrogens with one attached hydrogen (secondary N) is 2. The summed E-state index contributed by atoms with van der Waals surface area (Å²) >= 11 is 2.97. The topological polar surface area (TPSA) is 41.1 Å². The first-order valence-corrected chi connectivity index (χ1v) is 5.48. The van der Waals surface area contributed by atoms with Gasteiger partial charge in [0.25, 0.3) is 0 Å². The molecule has 0 aliphatic carbocycles. The molecule has 0 spiro atoms. The second-order valence-electron chi connectivity index (χ2n) is 3.71. The van der Waals surface area contributed by atoms with Crippen molar-refractivity contribution in [3.05, 3.63) is 11.1 Å². The molecule has 0 radical (unpaired) electrons. The molecule has 0 saturated carbocycles. The average Bonchev–Trinajstić information content (AvgIpc) is 2.62. The van der Waals surface area contributed by atoms with Crippen LogP contribution in [0.4, 0.5) is 13.2 Å². The van der Waals surface area contributed by atoms with E-state index in [2.05, 4.69) is 33.1 Å². The van der Waals surface area contributed by atoms with Crippen molar-refractivity contribution in [3.63, 3.8) is 0 Å². The van der Waals surface area contributed by atoms with E-state index in [1.807, 2.05) is 0 Å². The Morgan fingerprint density at radius 2 is 2.19 bits per heavy atom. The third-order valence-corrected chi connectivity index (χ3v) is 2.85. The maximum absolute atomic E-state index is 12.9. The Morgan fingerprint density at radius 3 is 2.56 bits per heavy atom. The minimum absolute atomic E-state index is 0.00331. The molecule has 1 aliphatic heterocycles. The van der Waals surface area contributed by atoms with Crippen LogP contribution in [0, 0.1) is 5.41 Å². The molecule has 0 bridgehead atoms. The van der Waals surface area contributed by atoms with Crippen LogP contribution in [0.5, 0.6) is 0 Å². The Hall–Kier alpha value is -0.560. The zero-order valence-corrected chi connectivity index (χ0v) is 10.0. The van der Waals surface area contributed by atoms with Crippen molar-refractivity contribution in [1.82, 2.24) is 10.6 Å². The number of rotatable bonds is 3. The summed E-state index contributed by atoms with van der Waals surface area (Å²) in [6.07, 6.45) is -4.76. The lowest BCUT2D eigenvalue weighted by Crippen LogP contribution is -2.52. The van der Waals surface area contributed by atoms with Gasteiger partial charge in [0.1, 0.15) is 0 Å². The molecule has 1 heterocycles. The van der Waals surface area contributed by atoms with Crippen molar-refractivity contribution >= 4 is 21.8 Å². The summed E-state index contributed by atoms with van der Waals surface area (Å²) in [6.45, 7) is 3.27. The predicted octanol–water partition coefficient (Wildman–Crippen LogP) is 1.55. The minimum atomic E-state index is -4.53.